The fraction of sp³-hybridized carbons (Fsp3) is 0.222. The summed E-state index contributed by atoms with van der Waals surface area (Å²) in [4.78, 5) is 23.7. The largest absolute Gasteiger partial charge is 0.354 e. The molecule has 0 bridgehead atoms. The summed E-state index contributed by atoms with van der Waals surface area (Å²) < 4.78 is 0. The smallest absolute Gasteiger partial charge is 0.251 e. The van der Waals surface area contributed by atoms with E-state index in [1.54, 1.807) is 12.1 Å². The Kier molecular flexibility index (Phi) is 7.09. The third-order valence-electron chi connectivity index (χ3n) is 3.40. The number of hydrogen-bond acceptors (Lipinski definition) is 2. The van der Waals surface area contributed by atoms with Crippen molar-refractivity contribution in [3.63, 3.8) is 0 Å². The van der Waals surface area contributed by atoms with E-state index in [0.29, 0.717) is 41.5 Å². The molecule has 0 heterocycles. The highest BCUT2D eigenvalue weighted by Gasteiger charge is 2.08. The molecule has 2 N–H and O–H groups in total. The van der Waals surface area contributed by atoms with Crippen molar-refractivity contribution in [2.75, 3.05) is 13.1 Å². The van der Waals surface area contributed by atoms with E-state index in [1.807, 2.05) is 30.3 Å². The SMILES string of the molecule is O=C(CCc1ccccc1)NCCNC(=O)c1ccc(Cl)c(Cl)c1. The number of carbonyl (C=O) groups is 2. The van der Waals surface area contributed by atoms with Crippen LogP contribution in [0.5, 0.6) is 0 Å². The number of benzene rings is 2. The van der Waals surface area contributed by atoms with Crippen LogP contribution >= 0.6 is 23.2 Å². The maximum Gasteiger partial charge on any atom is 0.251 e. The first-order chi connectivity index (χ1) is 11.6. The Hall–Kier alpha value is -2.04. The first kappa shape index (κ1) is 18.3. The topological polar surface area (TPSA) is 58.2 Å². The molecule has 0 saturated carbocycles. The van der Waals surface area contributed by atoms with Gasteiger partial charge in [-0.1, -0.05) is 53.5 Å². The summed E-state index contributed by atoms with van der Waals surface area (Å²) in [5.74, 6) is -0.297. The van der Waals surface area contributed by atoms with Gasteiger partial charge in [0, 0.05) is 25.1 Å². The molecule has 2 rings (SSSR count). The van der Waals surface area contributed by atoms with E-state index in [9.17, 15) is 9.59 Å². The Balaban J connectivity index is 1.65. The van der Waals surface area contributed by atoms with Crippen LogP contribution in [0.4, 0.5) is 0 Å². The molecule has 0 saturated heterocycles. The van der Waals surface area contributed by atoms with Gasteiger partial charge < -0.3 is 10.6 Å². The Morgan fingerprint density at radius 1 is 0.875 bits per heavy atom. The summed E-state index contributed by atoms with van der Waals surface area (Å²) in [6.07, 6.45) is 1.12. The van der Waals surface area contributed by atoms with Crippen molar-refractivity contribution in [2.45, 2.75) is 12.8 Å². The summed E-state index contributed by atoms with van der Waals surface area (Å²) in [6.45, 7) is 0.719. The fourth-order valence-electron chi connectivity index (χ4n) is 2.11. The lowest BCUT2D eigenvalue weighted by molar-refractivity contribution is -0.121. The molecule has 0 aliphatic heterocycles. The van der Waals surface area contributed by atoms with E-state index >= 15 is 0 Å². The minimum absolute atomic E-state index is 0.0392. The molecule has 2 aromatic carbocycles. The van der Waals surface area contributed by atoms with Crippen molar-refractivity contribution in [1.29, 1.82) is 0 Å². The standard InChI is InChI=1S/C18H18Cl2N2O2/c19-15-8-7-14(12-16(15)20)18(24)22-11-10-21-17(23)9-6-13-4-2-1-3-5-13/h1-5,7-8,12H,6,9-11H2,(H,21,23)(H,22,24). The lowest BCUT2D eigenvalue weighted by Gasteiger charge is -2.08. The van der Waals surface area contributed by atoms with Gasteiger partial charge in [-0.05, 0) is 30.2 Å². The van der Waals surface area contributed by atoms with Crippen molar-refractivity contribution in [1.82, 2.24) is 10.6 Å². The van der Waals surface area contributed by atoms with Crippen LogP contribution in [0.25, 0.3) is 0 Å². The lowest BCUT2D eigenvalue weighted by atomic mass is 10.1. The summed E-state index contributed by atoms with van der Waals surface area (Å²) in [7, 11) is 0. The molecule has 0 aliphatic carbocycles. The van der Waals surface area contributed by atoms with Crippen LogP contribution in [0.15, 0.2) is 48.5 Å². The number of aryl methyl sites for hydroxylation is 1. The molecule has 0 radical (unpaired) electrons. The molecule has 0 aromatic heterocycles. The van der Waals surface area contributed by atoms with Gasteiger partial charge in [0.05, 0.1) is 10.0 Å². The minimum atomic E-state index is -0.257. The number of carbonyl (C=O) groups excluding carboxylic acids is 2. The van der Waals surface area contributed by atoms with Crippen molar-refractivity contribution in [2.24, 2.45) is 0 Å². The molecule has 6 heteroatoms. The number of nitrogens with one attached hydrogen (secondary N) is 2. The van der Waals surface area contributed by atoms with E-state index in [1.165, 1.54) is 6.07 Å². The second-order valence-electron chi connectivity index (χ2n) is 5.22. The molecule has 4 nitrogen and oxygen atoms in total. The van der Waals surface area contributed by atoms with Gasteiger partial charge >= 0.3 is 0 Å². The molecule has 0 atom stereocenters. The third-order valence-corrected chi connectivity index (χ3v) is 4.14. The van der Waals surface area contributed by atoms with Crippen molar-refractivity contribution < 1.29 is 9.59 Å². The minimum Gasteiger partial charge on any atom is -0.354 e. The third kappa shape index (κ3) is 5.87. The van der Waals surface area contributed by atoms with Crippen LogP contribution in [-0.4, -0.2) is 24.9 Å². The van der Waals surface area contributed by atoms with E-state index in [4.69, 9.17) is 23.2 Å². The average Bonchev–Trinajstić information content (AvgIpc) is 2.60. The quantitative estimate of drug-likeness (QED) is 0.739. The summed E-state index contributed by atoms with van der Waals surface area (Å²) in [6, 6.07) is 14.5. The zero-order valence-corrected chi connectivity index (χ0v) is 14.5. The summed E-state index contributed by atoms with van der Waals surface area (Å²) in [5, 5.41) is 6.23. The fourth-order valence-corrected chi connectivity index (χ4v) is 2.41. The molecule has 2 amide bonds. The first-order valence-electron chi connectivity index (χ1n) is 7.60. The molecule has 0 aliphatic rings. The van der Waals surface area contributed by atoms with Crippen molar-refractivity contribution in [3.05, 3.63) is 69.7 Å². The van der Waals surface area contributed by atoms with Crippen LogP contribution in [0.1, 0.15) is 22.3 Å². The van der Waals surface area contributed by atoms with E-state index in [0.717, 1.165) is 5.56 Å². The molecule has 0 unspecified atom stereocenters. The van der Waals surface area contributed by atoms with Gasteiger partial charge in [0.25, 0.3) is 5.91 Å². The van der Waals surface area contributed by atoms with Gasteiger partial charge in [-0.25, -0.2) is 0 Å². The Morgan fingerprint density at radius 3 is 2.29 bits per heavy atom. The van der Waals surface area contributed by atoms with Crippen LogP contribution in [0.3, 0.4) is 0 Å². The monoisotopic (exact) mass is 364 g/mol. The average molecular weight is 365 g/mol. The molecular weight excluding hydrogens is 347 g/mol. The number of amides is 2. The maximum absolute atomic E-state index is 11.9. The van der Waals surface area contributed by atoms with Gasteiger partial charge in [-0.2, -0.15) is 0 Å². The van der Waals surface area contributed by atoms with E-state index < -0.39 is 0 Å². The molecule has 0 fully saturated rings. The molecular formula is C18H18Cl2N2O2. The highest BCUT2D eigenvalue weighted by Crippen LogP contribution is 2.22. The maximum atomic E-state index is 11.9. The highest BCUT2D eigenvalue weighted by atomic mass is 35.5. The highest BCUT2D eigenvalue weighted by molar-refractivity contribution is 6.42. The normalized spacial score (nSPS) is 10.2. The van der Waals surface area contributed by atoms with E-state index in [-0.39, 0.29) is 11.8 Å². The molecule has 0 spiro atoms. The number of rotatable bonds is 7. The second kappa shape index (κ2) is 9.30. The predicted molar refractivity (Wildman–Crippen MR) is 96.6 cm³/mol. The molecule has 2 aromatic rings. The van der Waals surface area contributed by atoms with Gasteiger partial charge in [-0.3, -0.25) is 9.59 Å². The van der Waals surface area contributed by atoms with Gasteiger partial charge in [0.1, 0.15) is 0 Å². The zero-order valence-electron chi connectivity index (χ0n) is 13.0. The number of hydrogen-bond donors (Lipinski definition) is 2. The van der Waals surface area contributed by atoms with Crippen LogP contribution < -0.4 is 10.6 Å². The Morgan fingerprint density at radius 2 is 1.58 bits per heavy atom. The van der Waals surface area contributed by atoms with Crippen molar-refractivity contribution in [3.8, 4) is 0 Å². The first-order valence-corrected chi connectivity index (χ1v) is 8.36. The van der Waals surface area contributed by atoms with Crippen LogP contribution in [0.2, 0.25) is 10.0 Å². The summed E-state index contributed by atoms with van der Waals surface area (Å²) in [5.41, 5.74) is 1.56. The van der Waals surface area contributed by atoms with Crippen molar-refractivity contribution >= 4 is 35.0 Å². The predicted octanol–water partition coefficient (Wildman–Crippen LogP) is 3.47. The number of halogens is 2. The Labute approximate surface area is 151 Å². The second-order valence-corrected chi connectivity index (χ2v) is 6.03. The lowest BCUT2D eigenvalue weighted by Crippen LogP contribution is -2.34. The molecule has 24 heavy (non-hydrogen) atoms. The van der Waals surface area contributed by atoms with Gasteiger partial charge in [0.2, 0.25) is 5.91 Å². The summed E-state index contributed by atoms with van der Waals surface area (Å²) >= 11 is 11.7. The Bertz CT molecular complexity index is 705. The molecule has 126 valence electrons. The van der Waals surface area contributed by atoms with Gasteiger partial charge in [-0.15, -0.1) is 0 Å². The van der Waals surface area contributed by atoms with Crippen LogP contribution in [0, 0.1) is 0 Å². The van der Waals surface area contributed by atoms with Gasteiger partial charge in [0.15, 0.2) is 0 Å². The zero-order chi connectivity index (χ0) is 17.4. The van der Waals surface area contributed by atoms with E-state index in [2.05, 4.69) is 10.6 Å². The van der Waals surface area contributed by atoms with Crippen LogP contribution in [-0.2, 0) is 11.2 Å².